The molecule has 0 atom stereocenters. The zero-order valence-corrected chi connectivity index (χ0v) is 12.3. The number of carbonyl (C=O) groups excluding carboxylic acids is 1. The number of unbranched alkanes of at least 4 members (excludes halogenated alkanes) is 2. The van der Waals surface area contributed by atoms with Gasteiger partial charge in [-0.25, -0.2) is 5.43 Å². The molecule has 1 heterocycles. The summed E-state index contributed by atoms with van der Waals surface area (Å²) in [5.41, 5.74) is 4.28. The maximum absolute atomic E-state index is 11.8. The van der Waals surface area contributed by atoms with E-state index in [9.17, 15) is 4.79 Å². The number of pyridine rings is 1. The van der Waals surface area contributed by atoms with Crippen molar-refractivity contribution in [1.82, 2.24) is 10.4 Å². The summed E-state index contributed by atoms with van der Waals surface area (Å²) in [4.78, 5) is 15.6. The molecule has 0 radical (unpaired) electrons. The molecule has 108 valence electrons. The first-order valence-electron chi connectivity index (χ1n) is 7.20. The average molecular weight is 273 g/mol. The van der Waals surface area contributed by atoms with Gasteiger partial charge in [0, 0.05) is 18.0 Å². The van der Waals surface area contributed by atoms with Gasteiger partial charge in [0.05, 0.1) is 6.21 Å². The summed E-state index contributed by atoms with van der Waals surface area (Å²) in [6.07, 6.45) is 12.6. The van der Waals surface area contributed by atoms with Gasteiger partial charge in [-0.1, -0.05) is 39.2 Å². The van der Waals surface area contributed by atoms with E-state index in [2.05, 4.69) is 35.4 Å². The van der Waals surface area contributed by atoms with Gasteiger partial charge in [-0.05, 0) is 30.5 Å². The first-order chi connectivity index (χ1) is 9.77. The Balaban J connectivity index is 2.52. The van der Waals surface area contributed by atoms with E-state index in [0.717, 1.165) is 19.3 Å². The monoisotopic (exact) mass is 273 g/mol. The molecule has 0 saturated carbocycles. The van der Waals surface area contributed by atoms with Crippen molar-refractivity contribution in [3.8, 4) is 0 Å². The smallest absolute Gasteiger partial charge is 0.267 e. The highest BCUT2D eigenvalue weighted by molar-refractivity contribution is 5.94. The van der Waals surface area contributed by atoms with Crippen molar-refractivity contribution < 1.29 is 4.79 Å². The van der Waals surface area contributed by atoms with Crippen LogP contribution in [0.4, 0.5) is 0 Å². The number of allylic oxidation sites excluding steroid dienone is 2. The molecule has 0 spiro atoms. The zero-order valence-electron chi connectivity index (χ0n) is 12.3. The Bertz CT molecular complexity index is 452. The number of hydrogen-bond donors (Lipinski definition) is 1. The second kappa shape index (κ2) is 9.89. The molecule has 4 nitrogen and oxygen atoms in total. The number of hydrogen-bond acceptors (Lipinski definition) is 3. The first-order valence-corrected chi connectivity index (χ1v) is 7.20. The van der Waals surface area contributed by atoms with E-state index in [1.807, 2.05) is 0 Å². The van der Waals surface area contributed by atoms with Gasteiger partial charge in [-0.3, -0.25) is 9.78 Å². The molecular weight excluding hydrogens is 250 g/mol. The fraction of sp³-hybridized carbons (Fsp3) is 0.438. The van der Waals surface area contributed by atoms with Crippen LogP contribution in [0.5, 0.6) is 0 Å². The highest BCUT2D eigenvalue weighted by atomic mass is 16.2. The molecule has 1 aromatic heterocycles. The Morgan fingerprint density at radius 3 is 2.70 bits per heavy atom. The molecule has 0 saturated heterocycles. The number of aromatic nitrogens is 1. The Morgan fingerprint density at radius 2 is 2.05 bits per heavy atom. The lowest BCUT2D eigenvalue weighted by Crippen LogP contribution is -2.17. The lowest BCUT2D eigenvalue weighted by atomic mass is 10.1. The second-order valence-corrected chi connectivity index (χ2v) is 4.61. The van der Waals surface area contributed by atoms with Crippen LogP contribution in [0, 0.1) is 0 Å². The third kappa shape index (κ3) is 6.27. The van der Waals surface area contributed by atoms with Gasteiger partial charge >= 0.3 is 0 Å². The van der Waals surface area contributed by atoms with Crippen molar-refractivity contribution in [3.63, 3.8) is 0 Å². The molecule has 0 aliphatic rings. The van der Waals surface area contributed by atoms with Crippen LogP contribution in [-0.2, 0) is 0 Å². The quantitative estimate of drug-likeness (QED) is 0.446. The SMILES string of the molecule is CCCC/C=C(/C=N/NC(=O)c1ccncc1)CCC. The third-order valence-corrected chi connectivity index (χ3v) is 2.84. The van der Waals surface area contributed by atoms with Gasteiger partial charge in [0.2, 0.25) is 0 Å². The lowest BCUT2D eigenvalue weighted by molar-refractivity contribution is 0.0955. The zero-order chi connectivity index (χ0) is 14.6. The fourth-order valence-electron chi connectivity index (χ4n) is 1.74. The third-order valence-electron chi connectivity index (χ3n) is 2.84. The summed E-state index contributed by atoms with van der Waals surface area (Å²) in [7, 11) is 0. The summed E-state index contributed by atoms with van der Waals surface area (Å²) < 4.78 is 0. The topological polar surface area (TPSA) is 54.4 Å². The van der Waals surface area contributed by atoms with Gasteiger partial charge in [-0.2, -0.15) is 5.10 Å². The highest BCUT2D eigenvalue weighted by Crippen LogP contribution is 2.06. The average Bonchev–Trinajstić information content (AvgIpc) is 2.48. The summed E-state index contributed by atoms with van der Waals surface area (Å²) >= 11 is 0. The Labute approximate surface area is 121 Å². The summed E-state index contributed by atoms with van der Waals surface area (Å²) in [5, 5.41) is 4.03. The molecule has 0 bridgehead atoms. The second-order valence-electron chi connectivity index (χ2n) is 4.61. The van der Waals surface area contributed by atoms with Gasteiger partial charge in [0.25, 0.3) is 5.91 Å². The molecule has 0 aromatic carbocycles. The molecule has 0 fully saturated rings. The number of rotatable bonds is 8. The van der Waals surface area contributed by atoms with Crippen LogP contribution >= 0.6 is 0 Å². The van der Waals surface area contributed by atoms with Gasteiger partial charge in [-0.15, -0.1) is 0 Å². The normalized spacial score (nSPS) is 11.8. The van der Waals surface area contributed by atoms with Crippen molar-refractivity contribution in [3.05, 3.63) is 41.7 Å². The molecule has 20 heavy (non-hydrogen) atoms. The summed E-state index contributed by atoms with van der Waals surface area (Å²) in [6.45, 7) is 4.31. The number of hydrazone groups is 1. The Hall–Kier alpha value is -1.97. The molecule has 1 N–H and O–H groups in total. The fourth-order valence-corrected chi connectivity index (χ4v) is 1.74. The van der Waals surface area contributed by atoms with Crippen molar-refractivity contribution in [2.75, 3.05) is 0 Å². The predicted octanol–water partition coefficient (Wildman–Crippen LogP) is 3.71. The van der Waals surface area contributed by atoms with Gasteiger partial charge < -0.3 is 0 Å². The minimum absolute atomic E-state index is 0.215. The maximum Gasteiger partial charge on any atom is 0.271 e. The minimum atomic E-state index is -0.215. The Morgan fingerprint density at radius 1 is 1.30 bits per heavy atom. The summed E-state index contributed by atoms with van der Waals surface area (Å²) in [6, 6.07) is 3.32. The van der Waals surface area contributed by atoms with Crippen molar-refractivity contribution >= 4 is 12.1 Å². The molecule has 1 amide bonds. The molecular formula is C16H23N3O. The lowest BCUT2D eigenvalue weighted by Gasteiger charge is -2.01. The van der Waals surface area contributed by atoms with Crippen LogP contribution in [0.15, 0.2) is 41.3 Å². The number of nitrogens with zero attached hydrogens (tertiary/aromatic N) is 2. The molecule has 0 unspecified atom stereocenters. The van der Waals surface area contributed by atoms with Crippen LogP contribution in [0.3, 0.4) is 0 Å². The van der Waals surface area contributed by atoms with E-state index >= 15 is 0 Å². The minimum Gasteiger partial charge on any atom is -0.267 e. The number of amides is 1. The highest BCUT2D eigenvalue weighted by Gasteiger charge is 2.02. The standard InChI is InChI=1S/C16H23N3O/c1-3-5-6-8-14(7-4-2)13-18-19-16(20)15-9-11-17-12-10-15/h8-13H,3-7H2,1-2H3,(H,19,20)/b14-8+,18-13+. The molecule has 1 aromatic rings. The maximum atomic E-state index is 11.8. The first kappa shape index (κ1) is 16.1. The van der Waals surface area contributed by atoms with Crippen LogP contribution in [0.25, 0.3) is 0 Å². The van der Waals surface area contributed by atoms with E-state index in [0.29, 0.717) is 5.56 Å². The van der Waals surface area contributed by atoms with Crippen LogP contribution in [0.1, 0.15) is 56.3 Å². The number of nitrogens with one attached hydrogen (secondary N) is 1. The number of carbonyl (C=O) groups is 1. The van der Waals surface area contributed by atoms with Crippen LogP contribution in [0.2, 0.25) is 0 Å². The van der Waals surface area contributed by atoms with Crippen molar-refractivity contribution in [1.29, 1.82) is 0 Å². The largest absolute Gasteiger partial charge is 0.271 e. The molecule has 4 heteroatoms. The van der Waals surface area contributed by atoms with E-state index in [-0.39, 0.29) is 5.91 Å². The summed E-state index contributed by atoms with van der Waals surface area (Å²) in [5.74, 6) is -0.215. The van der Waals surface area contributed by atoms with E-state index in [4.69, 9.17) is 0 Å². The van der Waals surface area contributed by atoms with E-state index in [1.54, 1.807) is 30.7 Å². The van der Waals surface area contributed by atoms with E-state index < -0.39 is 0 Å². The van der Waals surface area contributed by atoms with E-state index in [1.165, 1.54) is 18.4 Å². The van der Waals surface area contributed by atoms with Crippen molar-refractivity contribution in [2.45, 2.75) is 46.0 Å². The van der Waals surface area contributed by atoms with Gasteiger partial charge in [0.15, 0.2) is 0 Å². The Kier molecular flexibility index (Phi) is 7.96. The molecule has 0 aliphatic heterocycles. The van der Waals surface area contributed by atoms with Gasteiger partial charge in [0.1, 0.15) is 0 Å². The van der Waals surface area contributed by atoms with Crippen LogP contribution < -0.4 is 5.43 Å². The van der Waals surface area contributed by atoms with Crippen LogP contribution in [-0.4, -0.2) is 17.1 Å². The van der Waals surface area contributed by atoms with Crippen molar-refractivity contribution in [2.24, 2.45) is 5.10 Å². The molecule has 0 aliphatic carbocycles. The molecule has 1 rings (SSSR count). The predicted molar refractivity (Wildman–Crippen MR) is 82.7 cm³/mol.